The standard InChI is InChI=1S/C19H18N2O2/c1-13(22)17-16(12-20)21(19(17)23)18(14-8-4-2-5-9-14)15-10-6-3-7-11-15/h2-11,13,16-18,22H,1H3/t13-,16-,17-/m1/s1. The maximum absolute atomic E-state index is 12.6. The Morgan fingerprint density at radius 1 is 1.04 bits per heavy atom. The molecule has 0 spiro atoms. The number of hydrogen-bond acceptors (Lipinski definition) is 3. The molecule has 1 aliphatic rings. The average molecular weight is 306 g/mol. The van der Waals surface area contributed by atoms with Crippen LogP contribution in [0.2, 0.25) is 0 Å². The summed E-state index contributed by atoms with van der Waals surface area (Å²) in [6, 6.07) is 20.6. The van der Waals surface area contributed by atoms with Crippen molar-refractivity contribution < 1.29 is 9.90 Å². The van der Waals surface area contributed by atoms with Crippen molar-refractivity contribution in [1.82, 2.24) is 4.90 Å². The Labute approximate surface area is 135 Å². The van der Waals surface area contributed by atoms with Gasteiger partial charge in [-0.05, 0) is 18.1 Å². The smallest absolute Gasteiger partial charge is 0.233 e. The number of amides is 1. The number of β-lactam (4-membered cyclic amide) rings is 1. The van der Waals surface area contributed by atoms with Gasteiger partial charge in [-0.3, -0.25) is 4.79 Å². The summed E-state index contributed by atoms with van der Waals surface area (Å²) in [7, 11) is 0. The summed E-state index contributed by atoms with van der Waals surface area (Å²) in [5.74, 6) is -0.820. The number of nitriles is 1. The summed E-state index contributed by atoms with van der Waals surface area (Å²) >= 11 is 0. The lowest BCUT2D eigenvalue weighted by Crippen LogP contribution is -2.64. The first-order valence-electron chi connectivity index (χ1n) is 7.65. The van der Waals surface area contributed by atoms with Crippen molar-refractivity contribution >= 4 is 5.91 Å². The highest BCUT2D eigenvalue weighted by atomic mass is 16.3. The van der Waals surface area contributed by atoms with Crippen LogP contribution in [-0.2, 0) is 4.79 Å². The molecule has 116 valence electrons. The van der Waals surface area contributed by atoms with Crippen LogP contribution in [0.4, 0.5) is 0 Å². The Morgan fingerprint density at radius 3 is 1.91 bits per heavy atom. The van der Waals surface area contributed by atoms with Crippen LogP contribution >= 0.6 is 0 Å². The second-order valence-corrected chi connectivity index (χ2v) is 5.81. The fraction of sp³-hybridized carbons (Fsp3) is 0.263. The van der Waals surface area contributed by atoms with Gasteiger partial charge in [0.15, 0.2) is 0 Å². The summed E-state index contributed by atoms with van der Waals surface area (Å²) in [6.45, 7) is 1.56. The molecule has 0 unspecified atom stereocenters. The van der Waals surface area contributed by atoms with E-state index in [0.29, 0.717) is 0 Å². The molecule has 0 aliphatic carbocycles. The van der Waals surface area contributed by atoms with Gasteiger partial charge in [0.2, 0.25) is 5.91 Å². The largest absolute Gasteiger partial charge is 0.392 e. The number of aliphatic hydroxyl groups is 1. The van der Waals surface area contributed by atoms with Crippen molar-refractivity contribution in [2.45, 2.75) is 25.1 Å². The van der Waals surface area contributed by atoms with Crippen LogP contribution in [0, 0.1) is 17.2 Å². The second-order valence-electron chi connectivity index (χ2n) is 5.81. The van der Waals surface area contributed by atoms with E-state index in [9.17, 15) is 15.2 Å². The third kappa shape index (κ3) is 2.60. The number of rotatable bonds is 4. The lowest BCUT2D eigenvalue weighted by Gasteiger charge is -2.49. The highest BCUT2D eigenvalue weighted by Gasteiger charge is 2.53. The predicted molar refractivity (Wildman–Crippen MR) is 86.1 cm³/mol. The molecule has 0 saturated carbocycles. The first-order valence-corrected chi connectivity index (χ1v) is 7.65. The Bertz CT molecular complexity index is 683. The van der Waals surface area contributed by atoms with Gasteiger partial charge >= 0.3 is 0 Å². The minimum atomic E-state index is -0.824. The SMILES string of the molecule is C[C@@H](O)[C@H]1C(=O)N(C(c2ccccc2)c2ccccc2)[C@@H]1C#N. The van der Waals surface area contributed by atoms with Crippen molar-refractivity contribution in [2.75, 3.05) is 0 Å². The lowest BCUT2D eigenvalue weighted by molar-refractivity contribution is -0.162. The van der Waals surface area contributed by atoms with Crippen LogP contribution < -0.4 is 0 Å². The van der Waals surface area contributed by atoms with Gasteiger partial charge in [0, 0.05) is 0 Å². The molecule has 0 bridgehead atoms. The average Bonchev–Trinajstić information content (AvgIpc) is 2.58. The third-order valence-corrected chi connectivity index (χ3v) is 4.34. The minimum Gasteiger partial charge on any atom is -0.392 e. The summed E-state index contributed by atoms with van der Waals surface area (Å²) in [5.41, 5.74) is 1.91. The molecular weight excluding hydrogens is 288 g/mol. The molecule has 2 aromatic carbocycles. The van der Waals surface area contributed by atoms with Crippen LogP contribution in [0.15, 0.2) is 60.7 Å². The molecule has 3 rings (SSSR count). The number of benzene rings is 2. The van der Waals surface area contributed by atoms with E-state index in [1.54, 1.807) is 11.8 Å². The van der Waals surface area contributed by atoms with Gasteiger partial charge in [0.25, 0.3) is 0 Å². The van der Waals surface area contributed by atoms with Crippen LogP contribution in [0.25, 0.3) is 0 Å². The molecule has 1 N–H and O–H groups in total. The summed E-state index contributed by atoms with van der Waals surface area (Å²) in [5, 5.41) is 19.3. The van der Waals surface area contributed by atoms with Crippen molar-refractivity contribution in [3.05, 3.63) is 71.8 Å². The quantitative estimate of drug-likeness (QED) is 0.883. The molecule has 4 nitrogen and oxygen atoms in total. The van der Waals surface area contributed by atoms with E-state index in [0.717, 1.165) is 11.1 Å². The van der Waals surface area contributed by atoms with Crippen LogP contribution in [0.5, 0.6) is 0 Å². The maximum atomic E-state index is 12.6. The van der Waals surface area contributed by atoms with Crippen molar-refractivity contribution in [2.24, 2.45) is 5.92 Å². The van der Waals surface area contributed by atoms with E-state index < -0.39 is 18.1 Å². The van der Waals surface area contributed by atoms with Gasteiger partial charge in [-0.25, -0.2) is 0 Å². The molecule has 1 aliphatic heterocycles. The Hall–Kier alpha value is -2.64. The fourth-order valence-corrected chi connectivity index (χ4v) is 3.22. The number of hydrogen-bond donors (Lipinski definition) is 1. The van der Waals surface area contributed by atoms with Crippen LogP contribution in [0.3, 0.4) is 0 Å². The molecule has 0 radical (unpaired) electrons. The monoisotopic (exact) mass is 306 g/mol. The maximum Gasteiger partial charge on any atom is 0.233 e. The highest BCUT2D eigenvalue weighted by Crippen LogP contribution is 2.40. The van der Waals surface area contributed by atoms with Gasteiger partial charge in [-0.1, -0.05) is 60.7 Å². The molecule has 1 heterocycles. The Balaban J connectivity index is 2.04. The summed E-state index contributed by atoms with van der Waals surface area (Å²) < 4.78 is 0. The first-order chi connectivity index (χ1) is 11.1. The molecular formula is C19H18N2O2. The number of aliphatic hydroxyl groups excluding tert-OH is 1. The van der Waals surface area contributed by atoms with Gasteiger partial charge in [-0.2, -0.15) is 5.26 Å². The van der Waals surface area contributed by atoms with E-state index >= 15 is 0 Å². The number of likely N-dealkylation sites (tertiary alicyclic amines) is 1. The van der Waals surface area contributed by atoms with E-state index in [1.807, 2.05) is 60.7 Å². The summed E-state index contributed by atoms with van der Waals surface area (Å²) in [4.78, 5) is 14.2. The fourth-order valence-electron chi connectivity index (χ4n) is 3.22. The van der Waals surface area contributed by atoms with Crippen LogP contribution in [0.1, 0.15) is 24.1 Å². The molecule has 1 amide bonds. The zero-order valence-corrected chi connectivity index (χ0v) is 12.8. The minimum absolute atomic E-state index is 0.177. The number of carbonyl (C=O) groups is 1. The third-order valence-electron chi connectivity index (χ3n) is 4.34. The number of carbonyl (C=O) groups excluding carboxylic acids is 1. The van der Waals surface area contributed by atoms with Crippen molar-refractivity contribution in [3.8, 4) is 6.07 Å². The van der Waals surface area contributed by atoms with Gasteiger partial charge in [-0.15, -0.1) is 0 Å². The van der Waals surface area contributed by atoms with E-state index in [-0.39, 0.29) is 11.9 Å². The zero-order chi connectivity index (χ0) is 16.4. The molecule has 4 heteroatoms. The normalized spacial score (nSPS) is 21.7. The van der Waals surface area contributed by atoms with Crippen LogP contribution in [-0.4, -0.2) is 28.1 Å². The second kappa shape index (κ2) is 6.23. The molecule has 3 atom stereocenters. The topological polar surface area (TPSA) is 64.3 Å². The lowest BCUT2D eigenvalue weighted by atomic mass is 9.80. The van der Waals surface area contributed by atoms with Gasteiger partial charge in [0.1, 0.15) is 6.04 Å². The van der Waals surface area contributed by atoms with Gasteiger partial charge < -0.3 is 10.0 Å². The van der Waals surface area contributed by atoms with E-state index in [4.69, 9.17) is 0 Å². The molecule has 1 saturated heterocycles. The van der Waals surface area contributed by atoms with E-state index in [2.05, 4.69) is 6.07 Å². The molecule has 0 aromatic heterocycles. The summed E-state index contributed by atoms with van der Waals surface area (Å²) in [6.07, 6.45) is -0.824. The first kappa shape index (κ1) is 15.3. The molecule has 23 heavy (non-hydrogen) atoms. The number of nitrogens with zero attached hydrogens (tertiary/aromatic N) is 2. The van der Waals surface area contributed by atoms with E-state index in [1.165, 1.54) is 0 Å². The van der Waals surface area contributed by atoms with Crippen molar-refractivity contribution in [1.29, 1.82) is 5.26 Å². The Kier molecular flexibility index (Phi) is 4.14. The highest BCUT2D eigenvalue weighted by molar-refractivity contribution is 5.88. The molecule has 1 fully saturated rings. The Morgan fingerprint density at radius 2 is 1.52 bits per heavy atom. The zero-order valence-electron chi connectivity index (χ0n) is 12.8. The van der Waals surface area contributed by atoms with Crippen molar-refractivity contribution in [3.63, 3.8) is 0 Å². The molecule has 2 aromatic rings. The predicted octanol–water partition coefficient (Wildman–Crippen LogP) is 2.51. The van der Waals surface area contributed by atoms with Gasteiger partial charge in [0.05, 0.1) is 24.1 Å².